The summed E-state index contributed by atoms with van der Waals surface area (Å²) < 4.78 is 11.6. The molecule has 5 nitrogen and oxygen atoms in total. The Kier molecular flexibility index (Phi) is 6.46. The van der Waals surface area contributed by atoms with Crippen molar-refractivity contribution in [3.63, 3.8) is 0 Å². The Morgan fingerprint density at radius 2 is 2.12 bits per heavy atom. The number of nitrogens with one attached hydrogen (secondary N) is 1. The van der Waals surface area contributed by atoms with Crippen LogP contribution >= 0.6 is 11.6 Å². The number of methoxy groups -OCH3 is 1. The molecule has 2 atom stereocenters. The zero-order chi connectivity index (χ0) is 22.8. The smallest absolute Gasteiger partial charge is 0.231 e. The second kappa shape index (κ2) is 9.49. The number of amides is 1. The minimum absolute atomic E-state index is 0.146. The third-order valence-electron chi connectivity index (χ3n) is 7.14. The van der Waals surface area contributed by atoms with E-state index in [2.05, 4.69) is 23.5 Å². The third-order valence-corrected chi connectivity index (χ3v) is 7.51. The van der Waals surface area contributed by atoms with Crippen LogP contribution in [0.1, 0.15) is 41.5 Å². The lowest BCUT2D eigenvalue weighted by molar-refractivity contribution is -0.151. The van der Waals surface area contributed by atoms with Gasteiger partial charge in [0.15, 0.2) is 0 Å². The number of halogens is 1. The first-order valence-corrected chi connectivity index (χ1v) is 12.2. The lowest BCUT2D eigenvalue weighted by Crippen LogP contribution is -2.56. The molecule has 1 unspecified atom stereocenters. The number of hydrogen-bond acceptors (Lipinski definition) is 4. The van der Waals surface area contributed by atoms with Gasteiger partial charge in [-0.05, 0) is 54.6 Å². The van der Waals surface area contributed by atoms with Gasteiger partial charge >= 0.3 is 0 Å². The van der Waals surface area contributed by atoms with E-state index in [9.17, 15) is 4.79 Å². The Balaban J connectivity index is 1.45. The van der Waals surface area contributed by atoms with E-state index in [1.54, 1.807) is 13.4 Å². The van der Waals surface area contributed by atoms with Gasteiger partial charge in [0, 0.05) is 43.2 Å². The van der Waals surface area contributed by atoms with E-state index in [0.29, 0.717) is 24.7 Å². The van der Waals surface area contributed by atoms with Gasteiger partial charge in [0.05, 0.1) is 18.8 Å². The van der Waals surface area contributed by atoms with Crippen LogP contribution < -0.4 is 5.32 Å². The van der Waals surface area contributed by atoms with Crippen LogP contribution in [0.15, 0.2) is 48.7 Å². The molecule has 0 aromatic heterocycles. The van der Waals surface area contributed by atoms with Gasteiger partial charge in [-0.3, -0.25) is 4.79 Å². The molecule has 1 amide bonds. The fourth-order valence-corrected chi connectivity index (χ4v) is 5.39. The number of rotatable bonds is 7. The molecule has 2 fully saturated rings. The highest BCUT2D eigenvalue weighted by molar-refractivity contribution is 6.31. The minimum atomic E-state index is -0.634. The summed E-state index contributed by atoms with van der Waals surface area (Å²) in [5, 5.41) is 4.15. The van der Waals surface area contributed by atoms with Crippen LogP contribution in [0.2, 0.25) is 5.02 Å². The van der Waals surface area contributed by atoms with Crippen molar-refractivity contribution in [2.24, 2.45) is 5.92 Å². The van der Waals surface area contributed by atoms with Crippen LogP contribution in [0.5, 0.6) is 0 Å². The molecular weight excluding hydrogens is 436 g/mol. The zero-order valence-electron chi connectivity index (χ0n) is 19.1. The summed E-state index contributed by atoms with van der Waals surface area (Å²) >= 11 is 6.58. The normalized spacial score (nSPS) is 23.8. The van der Waals surface area contributed by atoms with Gasteiger partial charge in [-0.1, -0.05) is 48.0 Å². The highest BCUT2D eigenvalue weighted by Gasteiger charge is 2.52. The molecule has 174 valence electrons. The van der Waals surface area contributed by atoms with Gasteiger partial charge in [-0.15, -0.1) is 0 Å². The third kappa shape index (κ3) is 4.42. The average molecular weight is 467 g/mol. The van der Waals surface area contributed by atoms with E-state index in [1.807, 2.05) is 35.2 Å². The molecule has 2 aliphatic heterocycles. The van der Waals surface area contributed by atoms with E-state index in [-0.39, 0.29) is 17.9 Å². The number of benzene rings is 2. The fraction of sp³-hybridized carbons (Fsp3) is 0.444. The molecule has 0 radical (unpaired) electrons. The van der Waals surface area contributed by atoms with Gasteiger partial charge in [-0.2, -0.15) is 0 Å². The van der Waals surface area contributed by atoms with Gasteiger partial charge < -0.3 is 19.7 Å². The number of piperidine rings is 1. The zero-order valence-corrected chi connectivity index (χ0v) is 19.8. The highest BCUT2D eigenvalue weighted by Crippen LogP contribution is 2.45. The van der Waals surface area contributed by atoms with Crippen LogP contribution in [0.4, 0.5) is 0 Å². The molecule has 3 aliphatic rings. The van der Waals surface area contributed by atoms with E-state index in [1.165, 1.54) is 5.56 Å². The summed E-state index contributed by atoms with van der Waals surface area (Å²) in [5.74, 6) is -0.151. The van der Waals surface area contributed by atoms with Gasteiger partial charge in [0.1, 0.15) is 5.60 Å². The lowest BCUT2D eigenvalue weighted by Gasteiger charge is -2.46. The van der Waals surface area contributed by atoms with Crippen molar-refractivity contribution in [2.45, 2.75) is 43.9 Å². The van der Waals surface area contributed by atoms with Gasteiger partial charge in [0.2, 0.25) is 5.91 Å². The Morgan fingerprint density at radius 1 is 1.27 bits per heavy atom. The Morgan fingerprint density at radius 3 is 2.94 bits per heavy atom. The Labute approximate surface area is 200 Å². The molecule has 1 saturated heterocycles. The number of carbonyl (C=O) groups is 1. The Bertz CT molecular complexity index is 1050. The van der Waals surface area contributed by atoms with Crippen molar-refractivity contribution in [1.29, 1.82) is 0 Å². The maximum absolute atomic E-state index is 14.2. The predicted octanol–water partition coefficient (Wildman–Crippen LogP) is 4.53. The largest absolute Gasteiger partial charge is 0.489 e. The summed E-state index contributed by atoms with van der Waals surface area (Å²) in [4.78, 5) is 16.2. The molecule has 6 heteroatoms. The van der Waals surface area contributed by atoms with Crippen LogP contribution in [-0.4, -0.2) is 43.7 Å². The van der Waals surface area contributed by atoms with Crippen molar-refractivity contribution in [3.05, 3.63) is 76.0 Å². The van der Waals surface area contributed by atoms with Crippen molar-refractivity contribution in [2.75, 3.05) is 26.8 Å². The standard InChI is InChI=1S/C27H31ClN2O3/c1-32-14-10-19-6-9-25(28)21(16-19)18-30(22-7-8-22)26(31)24-17-29-13-12-27(24)23-5-3-2-4-20(23)11-15-33-27/h2-6,9,11,15-16,22,24,29H,7-8,10,12-14,17-18H2,1H3/t24-,27?/m1/s1. The van der Waals surface area contributed by atoms with E-state index >= 15 is 0 Å². The average Bonchev–Trinajstić information content (AvgIpc) is 3.68. The van der Waals surface area contributed by atoms with Crippen LogP contribution in [0.25, 0.3) is 6.08 Å². The van der Waals surface area contributed by atoms with Crippen molar-refractivity contribution in [3.8, 4) is 0 Å². The molecule has 2 aromatic carbocycles. The number of fused-ring (bicyclic) bond motifs is 2. The summed E-state index contributed by atoms with van der Waals surface area (Å²) in [6.45, 7) is 2.61. The number of ether oxygens (including phenoxy) is 2. The maximum atomic E-state index is 14.2. The molecular formula is C27H31ClN2O3. The monoisotopic (exact) mass is 466 g/mol. The maximum Gasteiger partial charge on any atom is 0.231 e. The predicted molar refractivity (Wildman–Crippen MR) is 130 cm³/mol. The molecule has 33 heavy (non-hydrogen) atoms. The molecule has 5 rings (SSSR count). The number of hydrogen-bond donors (Lipinski definition) is 1. The first kappa shape index (κ1) is 22.5. The topological polar surface area (TPSA) is 50.8 Å². The van der Waals surface area contributed by atoms with Crippen LogP contribution in [0.3, 0.4) is 0 Å². The first-order chi connectivity index (χ1) is 16.1. The summed E-state index contributed by atoms with van der Waals surface area (Å²) in [7, 11) is 1.71. The van der Waals surface area contributed by atoms with Gasteiger partial charge in [-0.25, -0.2) is 0 Å². The highest BCUT2D eigenvalue weighted by atomic mass is 35.5. The number of carbonyl (C=O) groups excluding carboxylic acids is 1. The lowest BCUT2D eigenvalue weighted by atomic mass is 9.73. The fourth-order valence-electron chi connectivity index (χ4n) is 5.21. The summed E-state index contributed by atoms with van der Waals surface area (Å²) in [6, 6.07) is 14.6. The van der Waals surface area contributed by atoms with Crippen molar-refractivity contribution < 1.29 is 14.3 Å². The summed E-state index contributed by atoms with van der Waals surface area (Å²) in [6.07, 6.45) is 7.43. The van der Waals surface area contributed by atoms with Crippen LogP contribution in [0, 0.1) is 5.92 Å². The molecule has 2 aromatic rings. The van der Waals surface area contributed by atoms with Crippen molar-refractivity contribution in [1.82, 2.24) is 10.2 Å². The van der Waals surface area contributed by atoms with E-state index in [0.717, 1.165) is 48.9 Å². The second-order valence-electron chi connectivity index (χ2n) is 9.27. The second-order valence-corrected chi connectivity index (χ2v) is 9.68. The van der Waals surface area contributed by atoms with E-state index in [4.69, 9.17) is 21.1 Å². The van der Waals surface area contributed by atoms with Crippen molar-refractivity contribution >= 4 is 23.6 Å². The SMILES string of the molecule is COCCc1ccc(Cl)c(CN(C(=O)[C@H]2CNCCC23OC=Cc2ccccc23)C2CC2)c1. The first-order valence-electron chi connectivity index (χ1n) is 11.8. The number of nitrogens with zero attached hydrogens (tertiary/aromatic N) is 1. The molecule has 1 N–H and O–H groups in total. The summed E-state index contributed by atoms with van der Waals surface area (Å²) in [5.41, 5.74) is 3.78. The Hall–Kier alpha value is -2.34. The molecule has 1 spiro atoms. The quantitative estimate of drug-likeness (QED) is 0.651. The van der Waals surface area contributed by atoms with Crippen LogP contribution in [-0.2, 0) is 32.8 Å². The molecule has 2 heterocycles. The molecule has 0 bridgehead atoms. The molecule has 1 aliphatic carbocycles. The molecule has 1 saturated carbocycles. The minimum Gasteiger partial charge on any atom is -0.489 e. The van der Waals surface area contributed by atoms with E-state index < -0.39 is 5.60 Å². The van der Waals surface area contributed by atoms with Gasteiger partial charge in [0.25, 0.3) is 0 Å².